The Kier molecular flexibility index (Phi) is 3.37. The van der Waals surface area contributed by atoms with Crippen LogP contribution < -0.4 is 10.5 Å². The molecule has 0 amide bonds. The van der Waals surface area contributed by atoms with Gasteiger partial charge in [-0.05, 0) is 13.3 Å². The zero-order valence-corrected chi connectivity index (χ0v) is 13.3. The van der Waals surface area contributed by atoms with Gasteiger partial charge < -0.3 is 9.64 Å². The molecule has 0 aliphatic carbocycles. The molecule has 0 spiro atoms. The van der Waals surface area contributed by atoms with Gasteiger partial charge in [0.2, 0.25) is 0 Å². The van der Waals surface area contributed by atoms with Crippen LogP contribution in [0.4, 0.5) is 5.82 Å². The molecule has 0 radical (unpaired) electrons. The monoisotopic (exact) mass is 313 g/mol. The van der Waals surface area contributed by atoms with Crippen LogP contribution in [0.2, 0.25) is 0 Å². The third kappa shape index (κ3) is 2.41. The van der Waals surface area contributed by atoms with Gasteiger partial charge in [0.25, 0.3) is 5.56 Å². The smallest absolute Gasteiger partial charge is 0.258 e. The maximum Gasteiger partial charge on any atom is 0.258 e. The number of hydrogen-bond donors (Lipinski definition) is 0. The van der Waals surface area contributed by atoms with Crippen molar-refractivity contribution in [2.75, 3.05) is 18.1 Å². The van der Waals surface area contributed by atoms with Crippen LogP contribution in [0.25, 0.3) is 0 Å². The van der Waals surface area contributed by atoms with Crippen molar-refractivity contribution in [3.05, 3.63) is 45.5 Å². The molecule has 0 aromatic carbocycles. The summed E-state index contributed by atoms with van der Waals surface area (Å²) in [6.07, 6.45) is 2.60. The van der Waals surface area contributed by atoms with Crippen molar-refractivity contribution in [1.82, 2.24) is 19.5 Å². The van der Waals surface area contributed by atoms with Crippen molar-refractivity contribution < 1.29 is 4.74 Å². The summed E-state index contributed by atoms with van der Waals surface area (Å²) in [6, 6.07) is 2.02. The van der Waals surface area contributed by atoms with Crippen LogP contribution in [-0.4, -0.2) is 32.7 Å². The van der Waals surface area contributed by atoms with E-state index in [1.54, 1.807) is 17.9 Å². The molecule has 1 atom stereocenters. The highest BCUT2D eigenvalue weighted by atomic mass is 16.5. The van der Waals surface area contributed by atoms with Crippen molar-refractivity contribution in [3.8, 4) is 0 Å². The van der Waals surface area contributed by atoms with E-state index in [1.807, 2.05) is 13.0 Å². The van der Waals surface area contributed by atoms with Crippen LogP contribution in [0.3, 0.4) is 0 Å². The minimum absolute atomic E-state index is 0.0356. The standard InChI is InChI=1S/C16H19N5O2/c1-10-19-14-7-21(6-12(14)16(22)20(10)2)15-5-13(17-9-18-15)11-3-4-23-8-11/h5,9,11H,3-4,6-8H2,1-2H3/t11-/m0/s1. The van der Waals surface area contributed by atoms with Crippen molar-refractivity contribution in [2.45, 2.75) is 32.4 Å². The Hall–Kier alpha value is -2.28. The molecule has 0 saturated carbocycles. The molecule has 2 aromatic rings. The quantitative estimate of drug-likeness (QED) is 0.820. The second-order valence-corrected chi connectivity index (χ2v) is 6.17. The average molecular weight is 313 g/mol. The van der Waals surface area contributed by atoms with Gasteiger partial charge in [-0.3, -0.25) is 9.36 Å². The Bertz CT molecular complexity index is 811. The molecular formula is C16H19N5O2. The molecule has 1 fully saturated rings. The van der Waals surface area contributed by atoms with E-state index >= 15 is 0 Å². The lowest BCUT2D eigenvalue weighted by Gasteiger charge is -2.17. The third-order valence-electron chi connectivity index (χ3n) is 4.73. The Labute approximate surface area is 134 Å². The van der Waals surface area contributed by atoms with E-state index in [4.69, 9.17) is 4.74 Å². The number of aromatic nitrogens is 4. The molecule has 2 aromatic heterocycles. The van der Waals surface area contributed by atoms with Gasteiger partial charge in [-0.1, -0.05) is 0 Å². The topological polar surface area (TPSA) is 73.1 Å². The van der Waals surface area contributed by atoms with Crippen LogP contribution in [-0.2, 0) is 24.9 Å². The number of aryl methyl sites for hydroxylation is 1. The van der Waals surface area contributed by atoms with Crippen LogP contribution in [0.15, 0.2) is 17.2 Å². The van der Waals surface area contributed by atoms with Crippen molar-refractivity contribution in [1.29, 1.82) is 0 Å². The molecule has 1 saturated heterocycles. The molecular weight excluding hydrogens is 294 g/mol. The van der Waals surface area contributed by atoms with E-state index in [0.29, 0.717) is 19.0 Å². The second kappa shape index (κ2) is 5.42. The van der Waals surface area contributed by atoms with Gasteiger partial charge in [-0.25, -0.2) is 15.0 Å². The Balaban J connectivity index is 1.64. The van der Waals surface area contributed by atoms with Gasteiger partial charge in [-0.15, -0.1) is 0 Å². The molecule has 4 rings (SSSR count). The molecule has 0 unspecified atom stereocenters. The number of fused-ring (bicyclic) bond motifs is 1. The fourth-order valence-electron chi connectivity index (χ4n) is 3.22. The van der Waals surface area contributed by atoms with Crippen molar-refractivity contribution in [3.63, 3.8) is 0 Å². The van der Waals surface area contributed by atoms with Crippen molar-refractivity contribution >= 4 is 5.82 Å². The van der Waals surface area contributed by atoms with Gasteiger partial charge in [-0.2, -0.15) is 0 Å². The summed E-state index contributed by atoms with van der Waals surface area (Å²) in [5.41, 5.74) is 2.67. The van der Waals surface area contributed by atoms with Crippen molar-refractivity contribution in [2.24, 2.45) is 7.05 Å². The minimum Gasteiger partial charge on any atom is -0.381 e. The summed E-state index contributed by atoms with van der Waals surface area (Å²) in [7, 11) is 1.76. The lowest BCUT2D eigenvalue weighted by Crippen LogP contribution is -2.25. The molecule has 2 aliphatic rings. The first-order valence-corrected chi connectivity index (χ1v) is 7.83. The summed E-state index contributed by atoms with van der Waals surface area (Å²) in [6.45, 7) is 4.53. The number of ether oxygens (including phenoxy) is 1. The number of rotatable bonds is 2. The zero-order valence-electron chi connectivity index (χ0n) is 13.3. The van der Waals surface area contributed by atoms with Crippen LogP contribution in [0.1, 0.15) is 35.1 Å². The molecule has 7 heteroatoms. The Morgan fingerprint density at radius 2 is 2.17 bits per heavy atom. The van der Waals surface area contributed by atoms with E-state index in [1.165, 1.54) is 0 Å². The SMILES string of the molecule is Cc1nc2c(c(=O)n1C)CN(c1cc([C@H]3CCOC3)ncn1)C2. The average Bonchev–Trinajstić information content (AvgIpc) is 3.22. The molecule has 2 aliphatic heterocycles. The predicted molar refractivity (Wildman–Crippen MR) is 84.3 cm³/mol. The number of anilines is 1. The van der Waals surface area contributed by atoms with Crippen LogP contribution in [0, 0.1) is 6.92 Å². The molecule has 4 heterocycles. The van der Waals surface area contributed by atoms with E-state index in [-0.39, 0.29) is 5.56 Å². The molecule has 0 N–H and O–H groups in total. The fraction of sp³-hybridized carbons (Fsp3) is 0.500. The summed E-state index contributed by atoms with van der Waals surface area (Å²) in [5.74, 6) is 1.93. The summed E-state index contributed by atoms with van der Waals surface area (Å²) >= 11 is 0. The molecule has 23 heavy (non-hydrogen) atoms. The largest absolute Gasteiger partial charge is 0.381 e. The minimum atomic E-state index is 0.0356. The van der Waals surface area contributed by atoms with E-state index < -0.39 is 0 Å². The summed E-state index contributed by atoms with van der Waals surface area (Å²) in [4.78, 5) is 27.8. The van der Waals surface area contributed by atoms with E-state index in [9.17, 15) is 4.79 Å². The van der Waals surface area contributed by atoms with Gasteiger partial charge in [0.15, 0.2) is 0 Å². The highest BCUT2D eigenvalue weighted by molar-refractivity contribution is 5.45. The van der Waals surface area contributed by atoms with Gasteiger partial charge in [0, 0.05) is 25.6 Å². The first kappa shape index (κ1) is 14.3. The predicted octanol–water partition coefficient (Wildman–Crippen LogP) is 0.903. The van der Waals surface area contributed by atoms with E-state index in [0.717, 1.165) is 48.2 Å². The maximum absolute atomic E-state index is 12.4. The highest BCUT2D eigenvalue weighted by Crippen LogP contribution is 2.28. The lowest BCUT2D eigenvalue weighted by atomic mass is 10.0. The Morgan fingerprint density at radius 1 is 1.30 bits per heavy atom. The van der Waals surface area contributed by atoms with Crippen LogP contribution in [0.5, 0.6) is 0 Å². The molecule has 120 valence electrons. The maximum atomic E-state index is 12.4. The van der Waals surface area contributed by atoms with Crippen LogP contribution >= 0.6 is 0 Å². The normalized spacial score (nSPS) is 20.1. The number of hydrogen-bond acceptors (Lipinski definition) is 6. The fourth-order valence-corrected chi connectivity index (χ4v) is 3.22. The van der Waals surface area contributed by atoms with Gasteiger partial charge in [0.1, 0.15) is 18.0 Å². The second-order valence-electron chi connectivity index (χ2n) is 6.17. The first-order valence-electron chi connectivity index (χ1n) is 7.83. The van der Waals surface area contributed by atoms with Gasteiger partial charge >= 0.3 is 0 Å². The first-order chi connectivity index (χ1) is 11.1. The molecule has 7 nitrogen and oxygen atoms in total. The summed E-state index contributed by atoms with van der Waals surface area (Å²) in [5, 5.41) is 0. The Morgan fingerprint density at radius 3 is 2.96 bits per heavy atom. The zero-order chi connectivity index (χ0) is 16.0. The van der Waals surface area contributed by atoms with Gasteiger partial charge in [0.05, 0.1) is 36.6 Å². The lowest BCUT2D eigenvalue weighted by molar-refractivity contribution is 0.193. The number of nitrogens with zero attached hydrogens (tertiary/aromatic N) is 5. The summed E-state index contributed by atoms with van der Waals surface area (Å²) < 4.78 is 7.04. The van der Waals surface area contributed by atoms with E-state index in [2.05, 4.69) is 19.9 Å². The highest BCUT2D eigenvalue weighted by Gasteiger charge is 2.27. The molecule has 0 bridgehead atoms. The third-order valence-corrected chi connectivity index (χ3v) is 4.73.